The molecule has 1 rings (SSSR count). The predicted octanol–water partition coefficient (Wildman–Crippen LogP) is 0.784. The van der Waals surface area contributed by atoms with Gasteiger partial charge < -0.3 is 20.5 Å². The Balaban J connectivity index is 2.39. The summed E-state index contributed by atoms with van der Waals surface area (Å²) >= 11 is 0. The van der Waals surface area contributed by atoms with Gasteiger partial charge in [-0.2, -0.15) is 0 Å². The van der Waals surface area contributed by atoms with Gasteiger partial charge in [0.05, 0.1) is 0 Å². The third-order valence-electron chi connectivity index (χ3n) is 2.55. The van der Waals surface area contributed by atoms with Gasteiger partial charge in [0.15, 0.2) is 0 Å². The van der Waals surface area contributed by atoms with Gasteiger partial charge in [-0.1, -0.05) is 13.8 Å². The molecule has 0 radical (unpaired) electrons. The molecule has 1 aromatic carbocycles. The van der Waals surface area contributed by atoms with Gasteiger partial charge in [-0.3, -0.25) is 4.79 Å². The van der Waals surface area contributed by atoms with Crippen LogP contribution in [-0.2, 0) is 0 Å². The summed E-state index contributed by atoms with van der Waals surface area (Å²) in [5.74, 6) is 0.504. The highest BCUT2D eigenvalue weighted by Crippen LogP contribution is 2.12. The van der Waals surface area contributed by atoms with Crippen molar-refractivity contribution >= 4 is 5.91 Å². The van der Waals surface area contributed by atoms with E-state index in [-0.39, 0.29) is 12.5 Å². The SMILES string of the molecule is CNC(=O)c1ccc(OC[C@H](O)CNC(C)C)cc1. The molecule has 0 aliphatic carbocycles. The smallest absolute Gasteiger partial charge is 0.251 e. The van der Waals surface area contributed by atoms with Crippen molar-refractivity contribution in [3.05, 3.63) is 29.8 Å². The summed E-state index contributed by atoms with van der Waals surface area (Å²) in [5, 5.41) is 15.4. The quantitative estimate of drug-likeness (QED) is 0.682. The van der Waals surface area contributed by atoms with Crippen LogP contribution in [0, 0.1) is 0 Å². The molecular weight excluding hydrogens is 244 g/mol. The van der Waals surface area contributed by atoms with E-state index in [1.165, 1.54) is 0 Å². The van der Waals surface area contributed by atoms with E-state index in [2.05, 4.69) is 10.6 Å². The Morgan fingerprint density at radius 2 is 1.95 bits per heavy atom. The third kappa shape index (κ3) is 5.72. The van der Waals surface area contributed by atoms with Crippen LogP contribution in [0.1, 0.15) is 24.2 Å². The lowest BCUT2D eigenvalue weighted by Crippen LogP contribution is -2.35. The van der Waals surface area contributed by atoms with Gasteiger partial charge in [0.1, 0.15) is 18.5 Å². The molecule has 19 heavy (non-hydrogen) atoms. The van der Waals surface area contributed by atoms with Crippen molar-refractivity contribution in [2.24, 2.45) is 0 Å². The van der Waals surface area contributed by atoms with Gasteiger partial charge >= 0.3 is 0 Å². The van der Waals surface area contributed by atoms with Gasteiger partial charge in [-0.25, -0.2) is 0 Å². The maximum absolute atomic E-state index is 11.3. The van der Waals surface area contributed by atoms with Crippen molar-refractivity contribution in [1.29, 1.82) is 0 Å². The molecule has 0 aliphatic heterocycles. The summed E-state index contributed by atoms with van der Waals surface area (Å²) < 4.78 is 5.45. The molecule has 1 amide bonds. The van der Waals surface area contributed by atoms with E-state index in [0.29, 0.717) is 23.9 Å². The van der Waals surface area contributed by atoms with Crippen molar-refractivity contribution < 1.29 is 14.6 Å². The molecule has 0 fully saturated rings. The fourth-order valence-electron chi connectivity index (χ4n) is 1.47. The normalized spacial score (nSPS) is 12.3. The van der Waals surface area contributed by atoms with E-state index < -0.39 is 6.10 Å². The number of benzene rings is 1. The molecule has 0 unspecified atom stereocenters. The highest BCUT2D eigenvalue weighted by molar-refractivity contribution is 5.94. The second-order valence-corrected chi connectivity index (χ2v) is 4.63. The van der Waals surface area contributed by atoms with Crippen LogP contribution < -0.4 is 15.4 Å². The highest BCUT2D eigenvalue weighted by atomic mass is 16.5. The number of carbonyl (C=O) groups excluding carboxylic acids is 1. The highest BCUT2D eigenvalue weighted by Gasteiger charge is 2.07. The Morgan fingerprint density at radius 1 is 1.32 bits per heavy atom. The molecule has 0 aromatic heterocycles. The Morgan fingerprint density at radius 3 is 2.47 bits per heavy atom. The minimum Gasteiger partial charge on any atom is -0.491 e. The molecular formula is C14H22N2O3. The lowest BCUT2D eigenvalue weighted by Gasteiger charge is -2.15. The molecule has 1 atom stereocenters. The lowest BCUT2D eigenvalue weighted by atomic mass is 10.2. The topological polar surface area (TPSA) is 70.6 Å². The van der Waals surface area contributed by atoms with Crippen LogP contribution in [0.15, 0.2) is 24.3 Å². The minimum atomic E-state index is -0.555. The summed E-state index contributed by atoms with van der Waals surface area (Å²) in [6.07, 6.45) is -0.555. The first-order valence-corrected chi connectivity index (χ1v) is 6.39. The van der Waals surface area contributed by atoms with Gasteiger partial charge in [0.25, 0.3) is 5.91 Å². The summed E-state index contributed by atoms with van der Waals surface area (Å²) in [5.41, 5.74) is 0.580. The second kappa shape index (κ2) is 7.76. The molecule has 3 N–H and O–H groups in total. The van der Waals surface area contributed by atoms with Gasteiger partial charge in [0.2, 0.25) is 0 Å². The second-order valence-electron chi connectivity index (χ2n) is 4.63. The Kier molecular flexibility index (Phi) is 6.32. The number of ether oxygens (including phenoxy) is 1. The van der Waals surface area contributed by atoms with Crippen LogP contribution in [-0.4, -0.2) is 43.4 Å². The van der Waals surface area contributed by atoms with Gasteiger partial charge in [0, 0.05) is 25.2 Å². The maximum Gasteiger partial charge on any atom is 0.251 e. The van der Waals surface area contributed by atoms with E-state index >= 15 is 0 Å². The van der Waals surface area contributed by atoms with Crippen LogP contribution >= 0.6 is 0 Å². The third-order valence-corrected chi connectivity index (χ3v) is 2.55. The fraction of sp³-hybridized carbons (Fsp3) is 0.500. The maximum atomic E-state index is 11.3. The monoisotopic (exact) mass is 266 g/mol. The number of hydrogen-bond donors (Lipinski definition) is 3. The number of aliphatic hydroxyl groups is 1. The fourth-order valence-corrected chi connectivity index (χ4v) is 1.47. The zero-order valence-electron chi connectivity index (χ0n) is 11.6. The van der Waals surface area contributed by atoms with E-state index in [1.807, 2.05) is 13.8 Å². The molecule has 0 saturated heterocycles. The van der Waals surface area contributed by atoms with E-state index in [0.717, 1.165) is 0 Å². The van der Waals surface area contributed by atoms with Crippen LogP contribution in [0.2, 0.25) is 0 Å². The molecule has 0 saturated carbocycles. The van der Waals surface area contributed by atoms with Crippen molar-refractivity contribution in [3.63, 3.8) is 0 Å². The summed E-state index contributed by atoms with van der Waals surface area (Å²) in [4.78, 5) is 11.3. The van der Waals surface area contributed by atoms with Gasteiger partial charge in [-0.05, 0) is 24.3 Å². The van der Waals surface area contributed by atoms with Crippen molar-refractivity contribution in [3.8, 4) is 5.75 Å². The molecule has 0 heterocycles. The standard InChI is InChI=1S/C14H22N2O3/c1-10(2)16-8-12(17)9-19-13-6-4-11(5-7-13)14(18)15-3/h4-7,10,12,16-17H,8-9H2,1-3H3,(H,15,18)/t12-/m1/s1. The van der Waals surface area contributed by atoms with Crippen LogP contribution in [0.4, 0.5) is 0 Å². The first-order chi connectivity index (χ1) is 9.02. The number of amides is 1. The molecule has 0 aliphatic rings. The average molecular weight is 266 g/mol. The van der Waals surface area contributed by atoms with E-state index in [1.54, 1.807) is 31.3 Å². The molecule has 1 aromatic rings. The largest absolute Gasteiger partial charge is 0.491 e. The Hall–Kier alpha value is -1.59. The Labute approximate surface area is 114 Å². The predicted molar refractivity (Wildman–Crippen MR) is 74.5 cm³/mol. The average Bonchev–Trinajstić information content (AvgIpc) is 2.42. The number of carbonyl (C=O) groups is 1. The number of aliphatic hydroxyl groups excluding tert-OH is 1. The van der Waals surface area contributed by atoms with Crippen molar-refractivity contribution in [1.82, 2.24) is 10.6 Å². The zero-order valence-corrected chi connectivity index (χ0v) is 11.6. The number of nitrogens with one attached hydrogen (secondary N) is 2. The molecule has 106 valence electrons. The molecule has 5 nitrogen and oxygen atoms in total. The molecule has 0 bridgehead atoms. The van der Waals surface area contributed by atoms with Gasteiger partial charge in [-0.15, -0.1) is 0 Å². The minimum absolute atomic E-state index is 0.132. The van der Waals surface area contributed by atoms with Crippen LogP contribution in [0.5, 0.6) is 5.75 Å². The van der Waals surface area contributed by atoms with Crippen LogP contribution in [0.25, 0.3) is 0 Å². The summed E-state index contributed by atoms with van der Waals surface area (Å²) in [6, 6.07) is 7.14. The van der Waals surface area contributed by atoms with E-state index in [9.17, 15) is 9.90 Å². The molecule has 0 spiro atoms. The van der Waals surface area contributed by atoms with Crippen molar-refractivity contribution in [2.75, 3.05) is 20.2 Å². The Bertz CT molecular complexity index is 390. The van der Waals surface area contributed by atoms with E-state index in [4.69, 9.17) is 4.74 Å². The molecule has 5 heteroatoms. The number of rotatable bonds is 7. The number of hydrogen-bond acceptors (Lipinski definition) is 4. The van der Waals surface area contributed by atoms with Crippen molar-refractivity contribution in [2.45, 2.75) is 26.0 Å². The zero-order chi connectivity index (χ0) is 14.3. The lowest BCUT2D eigenvalue weighted by molar-refractivity contribution is 0.0962. The first kappa shape index (κ1) is 15.5. The van der Waals surface area contributed by atoms with Crippen LogP contribution in [0.3, 0.4) is 0 Å². The summed E-state index contributed by atoms with van der Waals surface area (Å²) in [6.45, 7) is 4.75. The summed E-state index contributed by atoms with van der Waals surface area (Å²) in [7, 11) is 1.59. The first-order valence-electron chi connectivity index (χ1n) is 6.39.